The third-order valence-corrected chi connectivity index (χ3v) is 4.55. The maximum Gasteiger partial charge on any atom is 0.322 e. The van der Waals surface area contributed by atoms with Crippen molar-refractivity contribution in [1.29, 1.82) is 0 Å². The van der Waals surface area contributed by atoms with Crippen LogP contribution in [-0.4, -0.2) is 21.9 Å². The number of hydrogen-bond acceptors (Lipinski definition) is 5. The molecule has 0 atom stereocenters. The molecule has 5 nitrogen and oxygen atoms in total. The van der Waals surface area contributed by atoms with Crippen LogP contribution in [0.2, 0.25) is 0 Å². The molecule has 3 rings (SSSR count). The van der Waals surface area contributed by atoms with Crippen molar-refractivity contribution in [3.8, 4) is 11.5 Å². The first-order valence-electron chi connectivity index (χ1n) is 7.29. The van der Waals surface area contributed by atoms with E-state index in [1.165, 1.54) is 0 Å². The molecule has 0 unspecified atom stereocenters. The van der Waals surface area contributed by atoms with Gasteiger partial charge in [-0.25, -0.2) is 0 Å². The summed E-state index contributed by atoms with van der Waals surface area (Å²) in [5.74, 6) is 1.03. The Hall–Kier alpha value is -2.12. The van der Waals surface area contributed by atoms with Crippen LogP contribution in [0.4, 0.5) is 6.01 Å². The van der Waals surface area contributed by atoms with Crippen LogP contribution in [0.5, 0.6) is 0 Å². The average molecular weight is 404 g/mol. The van der Waals surface area contributed by atoms with Gasteiger partial charge >= 0.3 is 6.01 Å². The lowest BCUT2D eigenvalue weighted by Crippen LogP contribution is -2.12. The molecule has 1 N–H and O–H groups in total. The van der Waals surface area contributed by atoms with Gasteiger partial charge in [-0.3, -0.25) is 10.1 Å². The number of nitrogens with one attached hydrogen (secondary N) is 1. The second kappa shape index (κ2) is 7.63. The van der Waals surface area contributed by atoms with Crippen molar-refractivity contribution in [1.82, 2.24) is 10.2 Å². The highest BCUT2D eigenvalue weighted by Crippen LogP contribution is 2.23. The molecule has 0 radical (unpaired) electrons. The number of carbonyl (C=O) groups is 1. The molecular formula is C17H14BrN3O2S. The van der Waals surface area contributed by atoms with Crippen LogP contribution >= 0.6 is 27.7 Å². The molecule has 2 aromatic carbocycles. The molecule has 0 fully saturated rings. The molecule has 0 spiro atoms. The molecule has 0 saturated heterocycles. The van der Waals surface area contributed by atoms with Crippen LogP contribution < -0.4 is 5.32 Å². The van der Waals surface area contributed by atoms with Crippen molar-refractivity contribution >= 4 is 39.6 Å². The Morgan fingerprint density at radius 2 is 2.00 bits per heavy atom. The van der Waals surface area contributed by atoms with Gasteiger partial charge in [0.15, 0.2) is 0 Å². The molecule has 7 heteroatoms. The lowest BCUT2D eigenvalue weighted by atomic mass is 10.2. The number of halogens is 1. The normalized spacial score (nSPS) is 10.6. The highest BCUT2D eigenvalue weighted by molar-refractivity contribution is 9.10. The van der Waals surface area contributed by atoms with Gasteiger partial charge in [0, 0.05) is 20.5 Å². The number of benzene rings is 2. The number of hydrogen-bond donors (Lipinski definition) is 1. The predicted molar refractivity (Wildman–Crippen MR) is 98.2 cm³/mol. The van der Waals surface area contributed by atoms with Crippen LogP contribution in [0, 0.1) is 0 Å². The number of anilines is 1. The minimum absolute atomic E-state index is 0.0754. The summed E-state index contributed by atoms with van der Waals surface area (Å²) in [6.07, 6.45) is 0. The van der Waals surface area contributed by atoms with Crippen molar-refractivity contribution in [2.45, 2.75) is 11.8 Å². The zero-order valence-electron chi connectivity index (χ0n) is 12.8. The molecule has 122 valence electrons. The summed E-state index contributed by atoms with van der Waals surface area (Å²) in [6, 6.07) is 15.0. The zero-order chi connectivity index (χ0) is 16.9. The molecule has 3 aromatic rings. The highest BCUT2D eigenvalue weighted by atomic mass is 79.9. The number of carbonyl (C=O) groups excluding carboxylic acids is 1. The largest absolute Gasteiger partial charge is 0.403 e. The summed E-state index contributed by atoms with van der Waals surface area (Å²) in [6.45, 7) is 2.07. The van der Waals surface area contributed by atoms with Gasteiger partial charge in [0.1, 0.15) is 0 Å². The Balaban J connectivity index is 1.73. The number of nitrogens with zero attached hydrogens (tertiary/aromatic N) is 2. The molecule has 0 aliphatic rings. The number of rotatable bonds is 5. The lowest BCUT2D eigenvalue weighted by molar-refractivity contribution is 0.102. The Labute approximate surface area is 152 Å². The summed E-state index contributed by atoms with van der Waals surface area (Å²) < 4.78 is 6.47. The number of amides is 1. The zero-order valence-corrected chi connectivity index (χ0v) is 15.2. The van der Waals surface area contributed by atoms with E-state index < -0.39 is 0 Å². The van der Waals surface area contributed by atoms with Gasteiger partial charge < -0.3 is 4.42 Å². The Morgan fingerprint density at radius 3 is 2.75 bits per heavy atom. The van der Waals surface area contributed by atoms with Crippen LogP contribution in [-0.2, 0) is 0 Å². The fraction of sp³-hybridized carbons (Fsp3) is 0.118. The molecule has 0 bridgehead atoms. The second-order valence-electron chi connectivity index (χ2n) is 4.83. The van der Waals surface area contributed by atoms with E-state index in [-0.39, 0.29) is 11.9 Å². The summed E-state index contributed by atoms with van der Waals surface area (Å²) in [7, 11) is 0. The van der Waals surface area contributed by atoms with E-state index >= 15 is 0 Å². The Morgan fingerprint density at radius 1 is 1.21 bits per heavy atom. The van der Waals surface area contributed by atoms with Gasteiger partial charge in [-0.2, -0.15) is 0 Å². The van der Waals surface area contributed by atoms with Crippen LogP contribution in [0.25, 0.3) is 11.5 Å². The maximum atomic E-state index is 12.3. The smallest absolute Gasteiger partial charge is 0.322 e. The number of aromatic nitrogens is 2. The van der Waals surface area contributed by atoms with Crippen LogP contribution in [0.15, 0.2) is 62.3 Å². The summed E-state index contributed by atoms with van der Waals surface area (Å²) in [4.78, 5) is 13.4. The predicted octanol–water partition coefficient (Wildman–Crippen LogP) is 4.86. The van der Waals surface area contributed by atoms with Gasteiger partial charge in [-0.05, 0) is 48.2 Å². The first-order valence-corrected chi connectivity index (χ1v) is 9.07. The number of thioether (sulfide) groups is 1. The summed E-state index contributed by atoms with van der Waals surface area (Å²) in [5, 5.41) is 10.5. The van der Waals surface area contributed by atoms with Gasteiger partial charge in [0.05, 0.1) is 0 Å². The highest BCUT2D eigenvalue weighted by Gasteiger charge is 2.13. The van der Waals surface area contributed by atoms with Crippen molar-refractivity contribution in [2.75, 3.05) is 11.1 Å². The topological polar surface area (TPSA) is 68.0 Å². The summed E-state index contributed by atoms with van der Waals surface area (Å²) in [5.41, 5.74) is 1.34. The molecule has 1 amide bonds. The van der Waals surface area contributed by atoms with Gasteiger partial charge in [0.2, 0.25) is 5.89 Å². The van der Waals surface area contributed by atoms with Crippen molar-refractivity contribution < 1.29 is 9.21 Å². The van der Waals surface area contributed by atoms with E-state index in [1.54, 1.807) is 17.8 Å². The van der Waals surface area contributed by atoms with Crippen LogP contribution in [0.3, 0.4) is 0 Å². The first-order chi connectivity index (χ1) is 11.7. The molecule has 0 saturated carbocycles. The molecule has 1 heterocycles. The van der Waals surface area contributed by atoms with E-state index in [0.717, 1.165) is 20.7 Å². The minimum Gasteiger partial charge on any atom is -0.403 e. The molecule has 0 aliphatic carbocycles. The van der Waals surface area contributed by atoms with E-state index in [0.29, 0.717) is 11.5 Å². The van der Waals surface area contributed by atoms with E-state index in [2.05, 4.69) is 38.4 Å². The van der Waals surface area contributed by atoms with E-state index in [9.17, 15) is 4.79 Å². The average Bonchev–Trinajstić information content (AvgIpc) is 3.04. The Bertz CT molecular complexity index is 849. The molecule has 1 aromatic heterocycles. The Kier molecular flexibility index (Phi) is 5.32. The van der Waals surface area contributed by atoms with Gasteiger partial charge in [-0.1, -0.05) is 34.0 Å². The first kappa shape index (κ1) is 16.7. The standard InChI is InChI=1S/C17H14BrN3O2S/c1-2-24-14-5-3-4-12(10-14)15(22)19-17-21-20-16(23-17)11-6-8-13(18)9-7-11/h3-10H,2H2,1H3,(H,19,21,22). The molecule has 24 heavy (non-hydrogen) atoms. The third kappa shape index (κ3) is 4.04. The summed E-state index contributed by atoms with van der Waals surface area (Å²) >= 11 is 5.05. The molecule has 0 aliphatic heterocycles. The van der Waals surface area contributed by atoms with E-state index in [1.807, 2.05) is 42.5 Å². The van der Waals surface area contributed by atoms with Gasteiger partial charge in [0.25, 0.3) is 5.91 Å². The SMILES string of the molecule is CCSc1cccc(C(=O)Nc2nnc(-c3ccc(Br)cc3)o2)c1. The fourth-order valence-electron chi connectivity index (χ4n) is 2.05. The van der Waals surface area contributed by atoms with Gasteiger partial charge in [-0.15, -0.1) is 16.9 Å². The van der Waals surface area contributed by atoms with Crippen molar-refractivity contribution in [3.05, 3.63) is 58.6 Å². The molecular weight excluding hydrogens is 390 g/mol. The van der Waals surface area contributed by atoms with E-state index in [4.69, 9.17) is 4.42 Å². The van der Waals surface area contributed by atoms with Crippen molar-refractivity contribution in [3.63, 3.8) is 0 Å². The monoisotopic (exact) mass is 403 g/mol. The quantitative estimate of drug-likeness (QED) is 0.615. The third-order valence-electron chi connectivity index (χ3n) is 3.14. The minimum atomic E-state index is -0.278. The fourth-order valence-corrected chi connectivity index (χ4v) is 3.03. The second-order valence-corrected chi connectivity index (χ2v) is 7.09. The van der Waals surface area contributed by atoms with Crippen molar-refractivity contribution in [2.24, 2.45) is 0 Å². The lowest BCUT2D eigenvalue weighted by Gasteiger charge is -2.03. The van der Waals surface area contributed by atoms with Crippen LogP contribution in [0.1, 0.15) is 17.3 Å². The maximum absolute atomic E-state index is 12.3.